The highest BCUT2D eigenvalue weighted by molar-refractivity contribution is 7.90. The highest BCUT2D eigenvalue weighted by Gasteiger charge is 2.23. The van der Waals surface area contributed by atoms with Crippen LogP contribution < -0.4 is 0 Å². The molecule has 3 nitrogen and oxygen atoms in total. The molecular weight excluding hydrogens is 344 g/mol. The molecule has 0 amide bonds. The summed E-state index contributed by atoms with van der Waals surface area (Å²) < 4.78 is 23.3. The van der Waals surface area contributed by atoms with Crippen LogP contribution in [0.15, 0.2) is 59.0 Å². The maximum atomic E-state index is 12.3. The molecule has 0 saturated heterocycles. The van der Waals surface area contributed by atoms with Gasteiger partial charge in [-0.2, -0.15) is 0 Å². The van der Waals surface area contributed by atoms with E-state index in [2.05, 4.69) is 0 Å². The van der Waals surface area contributed by atoms with E-state index in [9.17, 15) is 13.2 Å². The fourth-order valence-corrected chi connectivity index (χ4v) is 3.83. The SMILES string of the molecule is CS(=O)(=O)c1ccc(/C(=C2\CCCC2=O)c2cccc(Cl)c2)cc1. The molecule has 124 valence electrons. The Labute approximate surface area is 146 Å². The molecule has 0 unspecified atom stereocenters. The van der Waals surface area contributed by atoms with Gasteiger partial charge in [0.1, 0.15) is 0 Å². The average molecular weight is 361 g/mol. The Bertz CT molecular complexity index is 925. The maximum absolute atomic E-state index is 12.3. The van der Waals surface area contributed by atoms with Crippen LogP contribution >= 0.6 is 11.6 Å². The summed E-state index contributed by atoms with van der Waals surface area (Å²) in [6.45, 7) is 0. The number of rotatable bonds is 3. The average Bonchev–Trinajstić information content (AvgIpc) is 2.93. The van der Waals surface area contributed by atoms with Crippen LogP contribution in [0.3, 0.4) is 0 Å². The van der Waals surface area contributed by atoms with Gasteiger partial charge in [0.25, 0.3) is 0 Å². The minimum atomic E-state index is -3.25. The summed E-state index contributed by atoms with van der Waals surface area (Å²) in [4.78, 5) is 12.6. The lowest BCUT2D eigenvalue weighted by atomic mass is 9.92. The van der Waals surface area contributed by atoms with Crippen molar-refractivity contribution in [1.29, 1.82) is 0 Å². The summed E-state index contributed by atoms with van der Waals surface area (Å²) >= 11 is 6.12. The van der Waals surface area contributed by atoms with Gasteiger partial charge in [-0.1, -0.05) is 35.9 Å². The van der Waals surface area contributed by atoms with Crippen molar-refractivity contribution in [2.75, 3.05) is 6.26 Å². The largest absolute Gasteiger partial charge is 0.295 e. The standard InChI is InChI=1S/C19H17ClO3S/c1-24(22,23)16-10-8-13(9-11-16)19(17-6-3-7-18(17)21)14-4-2-5-15(20)12-14/h2,4-5,8-12H,3,6-7H2,1H3/b19-17-. The summed E-state index contributed by atoms with van der Waals surface area (Å²) in [5.41, 5.74) is 3.35. The first-order valence-corrected chi connectivity index (χ1v) is 9.96. The Hall–Kier alpha value is -1.91. The van der Waals surface area contributed by atoms with Crippen LogP contribution in [0.25, 0.3) is 5.57 Å². The van der Waals surface area contributed by atoms with Crippen molar-refractivity contribution in [3.63, 3.8) is 0 Å². The molecule has 0 N–H and O–H groups in total. The molecule has 5 heteroatoms. The van der Waals surface area contributed by atoms with Crippen LogP contribution in [0.2, 0.25) is 5.02 Å². The molecule has 3 rings (SSSR count). The summed E-state index contributed by atoms with van der Waals surface area (Å²) in [5.74, 6) is 0.150. The van der Waals surface area contributed by atoms with Crippen molar-refractivity contribution < 1.29 is 13.2 Å². The van der Waals surface area contributed by atoms with Crippen LogP contribution in [0.1, 0.15) is 30.4 Å². The number of Topliss-reactive ketones (excluding diaryl/α,β-unsaturated/α-hetero) is 1. The van der Waals surface area contributed by atoms with Crippen LogP contribution in [0, 0.1) is 0 Å². The van der Waals surface area contributed by atoms with Crippen LogP contribution in [-0.2, 0) is 14.6 Å². The van der Waals surface area contributed by atoms with Crippen LogP contribution in [0.4, 0.5) is 0 Å². The Morgan fingerprint density at radius 1 is 1.00 bits per heavy atom. The topological polar surface area (TPSA) is 51.2 Å². The van der Waals surface area contributed by atoms with Crippen LogP contribution in [0.5, 0.6) is 0 Å². The van der Waals surface area contributed by atoms with Crippen molar-refractivity contribution in [2.45, 2.75) is 24.2 Å². The zero-order valence-electron chi connectivity index (χ0n) is 13.3. The van der Waals surface area contributed by atoms with Crippen molar-refractivity contribution in [3.8, 4) is 0 Å². The second kappa shape index (κ2) is 6.54. The molecule has 0 aromatic heterocycles. The lowest BCUT2D eigenvalue weighted by Crippen LogP contribution is -2.01. The van der Waals surface area contributed by atoms with Gasteiger partial charge in [0.15, 0.2) is 15.6 Å². The van der Waals surface area contributed by atoms with Crippen LogP contribution in [-0.4, -0.2) is 20.5 Å². The molecule has 1 fully saturated rings. The Morgan fingerprint density at radius 2 is 1.71 bits per heavy atom. The van der Waals surface area contributed by atoms with E-state index in [-0.39, 0.29) is 10.7 Å². The van der Waals surface area contributed by atoms with E-state index in [0.29, 0.717) is 11.4 Å². The number of carbonyl (C=O) groups is 1. The maximum Gasteiger partial charge on any atom is 0.175 e. The Kier molecular flexibility index (Phi) is 4.61. The predicted molar refractivity (Wildman–Crippen MR) is 95.9 cm³/mol. The first-order valence-electron chi connectivity index (χ1n) is 7.69. The van der Waals surface area contributed by atoms with E-state index in [1.807, 2.05) is 18.2 Å². The fraction of sp³-hybridized carbons (Fsp3) is 0.211. The molecular formula is C19H17ClO3S. The van der Waals surface area contributed by atoms with Gasteiger partial charge in [0.05, 0.1) is 4.90 Å². The highest BCUT2D eigenvalue weighted by atomic mass is 35.5. The number of sulfone groups is 1. The first kappa shape index (κ1) is 16.9. The number of allylic oxidation sites excluding steroid dienone is 1. The number of benzene rings is 2. The Balaban J connectivity index is 2.18. The van der Waals surface area contributed by atoms with Gasteiger partial charge >= 0.3 is 0 Å². The summed E-state index contributed by atoms with van der Waals surface area (Å²) in [5, 5.41) is 0.601. The molecule has 1 aliphatic carbocycles. The number of hydrogen-bond acceptors (Lipinski definition) is 3. The van der Waals surface area contributed by atoms with E-state index >= 15 is 0 Å². The molecule has 0 radical (unpaired) electrons. The number of ketones is 1. The zero-order valence-corrected chi connectivity index (χ0v) is 14.8. The molecule has 0 heterocycles. The molecule has 0 bridgehead atoms. The predicted octanol–water partition coefficient (Wildman–Crippen LogP) is 4.30. The summed E-state index contributed by atoms with van der Waals surface area (Å²) in [6.07, 6.45) is 3.31. The second-order valence-corrected chi connectivity index (χ2v) is 8.39. The van der Waals surface area contributed by atoms with Gasteiger partial charge in [-0.05, 0) is 53.8 Å². The van der Waals surface area contributed by atoms with Gasteiger partial charge in [0, 0.05) is 23.3 Å². The third-order valence-corrected chi connectivity index (χ3v) is 5.52. The monoisotopic (exact) mass is 360 g/mol. The lowest BCUT2D eigenvalue weighted by molar-refractivity contribution is -0.114. The highest BCUT2D eigenvalue weighted by Crippen LogP contribution is 2.35. The smallest absolute Gasteiger partial charge is 0.175 e. The quantitative estimate of drug-likeness (QED) is 0.767. The van der Waals surface area contributed by atoms with Gasteiger partial charge in [-0.25, -0.2) is 8.42 Å². The molecule has 24 heavy (non-hydrogen) atoms. The second-order valence-electron chi connectivity index (χ2n) is 5.94. The van der Waals surface area contributed by atoms with Gasteiger partial charge in [-0.15, -0.1) is 0 Å². The van der Waals surface area contributed by atoms with Gasteiger partial charge in [0.2, 0.25) is 0 Å². The minimum Gasteiger partial charge on any atom is -0.295 e. The van der Waals surface area contributed by atoms with E-state index in [4.69, 9.17) is 11.6 Å². The molecule has 1 aliphatic rings. The fourth-order valence-electron chi connectivity index (χ4n) is 3.01. The summed E-state index contributed by atoms with van der Waals surface area (Å²) in [6, 6.07) is 14.1. The van der Waals surface area contributed by atoms with Crippen molar-refractivity contribution in [2.24, 2.45) is 0 Å². The van der Waals surface area contributed by atoms with E-state index in [1.54, 1.807) is 30.3 Å². The number of hydrogen-bond donors (Lipinski definition) is 0. The van der Waals surface area contributed by atoms with Gasteiger partial charge in [-0.3, -0.25) is 4.79 Å². The molecule has 0 aliphatic heterocycles. The third-order valence-electron chi connectivity index (χ3n) is 4.15. The van der Waals surface area contributed by atoms with Crippen molar-refractivity contribution >= 4 is 32.8 Å². The molecule has 1 saturated carbocycles. The van der Waals surface area contributed by atoms with Crippen molar-refractivity contribution in [3.05, 3.63) is 70.3 Å². The molecule has 2 aromatic carbocycles. The summed E-state index contributed by atoms with van der Waals surface area (Å²) in [7, 11) is -3.25. The van der Waals surface area contributed by atoms with Crippen molar-refractivity contribution in [1.82, 2.24) is 0 Å². The molecule has 2 aromatic rings. The number of carbonyl (C=O) groups excluding carboxylic acids is 1. The van der Waals surface area contributed by atoms with E-state index < -0.39 is 9.84 Å². The lowest BCUT2D eigenvalue weighted by Gasteiger charge is -2.13. The first-order chi connectivity index (χ1) is 11.4. The van der Waals surface area contributed by atoms with E-state index in [0.717, 1.165) is 35.1 Å². The Morgan fingerprint density at radius 3 is 2.25 bits per heavy atom. The molecule has 0 atom stereocenters. The normalized spacial score (nSPS) is 17.2. The third kappa shape index (κ3) is 3.45. The van der Waals surface area contributed by atoms with Gasteiger partial charge < -0.3 is 0 Å². The number of halogens is 1. The molecule has 0 spiro atoms. The minimum absolute atomic E-state index is 0.150. The zero-order chi connectivity index (χ0) is 17.3. The van der Waals surface area contributed by atoms with E-state index in [1.165, 1.54) is 6.26 Å².